The molecule has 2 heterocycles. The van der Waals surface area contributed by atoms with E-state index in [4.69, 9.17) is 4.74 Å². The second-order valence-corrected chi connectivity index (χ2v) is 6.98. The fourth-order valence-corrected chi connectivity index (χ4v) is 3.47. The second kappa shape index (κ2) is 8.60. The van der Waals surface area contributed by atoms with E-state index < -0.39 is 0 Å². The Bertz CT molecular complexity index is 526. The molecule has 2 N–H and O–H groups in total. The smallest absolute Gasteiger partial charge is 0.251 e. The van der Waals surface area contributed by atoms with Crippen LogP contribution in [0.2, 0.25) is 0 Å². The number of piperidine rings is 1. The summed E-state index contributed by atoms with van der Waals surface area (Å²) >= 11 is 0. The van der Waals surface area contributed by atoms with Crippen LogP contribution in [-0.2, 0) is 11.3 Å². The van der Waals surface area contributed by atoms with Gasteiger partial charge in [0, 0.05) is 37.8 Å². The van der Waals surface area contributed by atoms with Gasteiger partial charge in [-0.3, -0.25) is 9.69 Å². The molecule has 5 heteroatoms. The molecule has 2 aliphatic heterocycles. The highest BCUT2D eigenvalue weighted by Gasteiger charge is 2.21. The first-order valence-corrected chi connectivity index (χ1v) is 9.13. The van der Waals surface area contributed by atoms with Crippen LogP contribution in [0.25, 0.3) is 0 Å². The number of ether oxygens (including phenoxy) is 1. The first-order valence-electron chi connectivity index (χ1n) is 9.13. The fourth-order valence-electron chi connectivity index (χ4n) is 3.47. The predicted octanol–water partition coefficient (Wildman–Crippen LogP) is 1.64. The van der Waals surface area contributed by atoms with Gasteiger partial charge in [0.1, 0.15) is 0 Å². The van der Waals surface area contributed by atoms with Crippen molar-refractivity contribution in [2.24, 2.45) is 5.92 Å². The van der Waals surface area contributed by atoms with Gasteiger partial charge in [0.15, 0.2) is 0 Å². The summed E-state index contributed by atoms with van der Waals surface area (Å²) in [7, 11) is 0. The van der Waals surface area contributed by atoms with E-state index in [1.807, 2.05) is 12.1 Å². The van der Waals surface area contributed by atoms with Crippen molar-refractivity contribution in [2.45, 2.75) is 32.4 Å². The van der Waals surface area contributed by atoms with E-state index in [2.05, 4.69) is 34.6 Å². The van der Waals surface area contributed by atoms with Gasteiger partial charge >= 0.3 is 0 Å². The Balaban J connectivity index is 1.48. The van der Waals surface area contributed by atoms with Crippen molar-refractivity contribution in [3.63, 3.8) is 0 Å². The average Bonchev–Trinajstić information content (AvgIpc) is 2.62. The fraction of sp³-hybridized carbons (Fsp3) is 0.632. The van der Waals surface area contributed by atoms with Crippen LogP contribution in [0.3, 0.4) is 0 Å². The zero-order chi connectivity index (χ0) is 16.8. The molecule has 2 atom stereocenters. The molecule has 0 spiro atoms. The molecule has 0 radical (unpaired) electrons. The molecule has 0 saturated carbocycles. The zero-order valence-corrected chi connectivity index (χ0v) is 14.6. The minimum atomic E-state index is 0.0208. The normalized spacial score (nSPS) is 25.4. The van der Waals surface area contributed by atoms with Crippen molar-refractivity contribution in [2.75, 3.05) is 39.4 Å². The van der Waals surface area contributed by atoms with E-state index >= 15 is 0 Å². The van der Waals surface area contributed by atoms with Gasteiger partial charge in [-0.25, -0.2) is 0 Å². The predicted molar refractivity (Wildman–Crippen MR) is 95.1 cm³/mol. The number of carbonyl (C=O) groups is 1. The van der Waals surface area contributed by atoms with Crippen LogP contribution < -0.4 is 10.6 Å². The lowest BCUT2D eigenvalue weighted by Crippen LogP contribution is -2.47. The minimum absolute atomic E-state index is 0.0208. The van der Waals surface area contributed by atoms with E-state index in [-0.39, 0.29) is 5.91 Å². The number of amides is 1. The molecule has 2 saturated heterocycles. The number of carbonyl (C=O) groups excluding carboxylic acids is 1. The largest absolute Gasteiger partial charge is 0.379 e. The maximum absolute atomic E-state index is 12.3. The van der Waals surface area contributed by atoms with Gasteiger partial charge < -0.3 is 15.4 Å². The Morgan fingerprint density at radius 1 is 1.29 bits per heavy atom. The highest BCUT2D eigenvalue weighted by molar-refractivity contribution is 5.94. The molecule has 1 aromatic rings. The van der Waals surface area contributed by atoms with Crippen LogP contribution in [0.15, 0.2) is 24.3 Å². The number of hydrogen-bond donors (Lipinski definition) is 2. The van der Waals surface area contributed by atoms with Gasteiger partial charge in [0.05, 0.1) is 13.2 Å². The maximum atomic E-state index is 12.3. The third-order valence-electron chi connectivity index (χ3n) is 5.14. The van der Waals surface area contributed by atoms with Gasteiger partial charge in [-0.1, -0.05) is 19.1 Å². The second-order valence-electron chi connectivity index (χ2n) is 6.98. The molecule has 0 bridgehead atoms. The van der Waals surface area contributed by atoms with Crippen molar-refractivity contribution in [3.05, 3.63) is 35.4 Å². The topological polar surface area (TPSA) is 53.6 Å². The number of benzene rings is 1. The standard InChI is InChI=1S/C19H29N3O2/c1-15-3-2-8-20-18(15)13-21-19(23)17-6-4-16(5-7-17)14-22-9-11-24-12-10-22/h4-7,15,18,20H,2-3,8-14H2,1H3,(H,21,23). The summed E-state index contributed by atoms with van der Waals surface area (Å²) in [5.41, 5.74) is 1.99. The lowest BCUT2D eigenvalue weighted by Gasteiger charge is -2.30. The molecule has 0 aliphatic carbocycles. The van der Waals surface area contributed by atoms with Gasteiger partial charge in [0.2, 0.25) is 0 Å². The Morgan fingerprint density at radius 3 is 2.75 bits per heavy atom. The number of hydrogen-bond acceptors (Lipinski definition) is 4. The summed E-state index contributed by atoms with van der Waals surface area (Å²) in [6.45, 7) is 8.53. The third kappa shape index (κ3) is 4.79. The summed E-state index contributed by atoms with van der Waals surface area (Å²) in [6, 6.07) is 8.38. The number of rotatable bonds is 5. The van der Waals surface area contributed by atoms with Crippen molar-refractivity contribution in [1.29, 1.82) is 0 Å². The molecule has 24 heavy (non-hydrogen) atoms. The van der Waals surface area contributed by atoms with E-state index in [1.54, 1.807) is 0 Å². The Morgan fingerprint density at radius 2 is 2.04 bits per heavy atom. The summed E-state index contributed by atoms with van der Waals surface area (Å²) < 4.78 is 5.37. The zero-order valence-electron chi connectivity index (χ0n) is 14.6. The molecule has 1 amide bonds. The highest BCUT2D eigenvalue weighted by Crippen LogP contribution is 2.15. The van der Waals surface area contributed by atoms with Crippen molar-refractivity contribution in [3.8, 4) is 0 Å². The monoisotopic (exact) mass is 331 g/mol. The molecule has 2 aliphatic rings. The molecular formula is C19H29N3O2. The Hall–Kier alpha value is -1.43. The van der Waals surface area contributed by atoms with E-state index in [9.17, 15) is 4.79 Å². The van der Waals surface area contributed by atoms with Gasteiger partial charge in [-0.05, 0) is 43.0 Å². The number of nitrogens with zero attached hydrogens (tertiary/aromatic N) is 1. The molecule has 5 nitrogen and oxygen atoms in total. The molecule has 2 unspecified atom stereocenters. The van der Waals surface area contributed by atoms with Crippen molar-refractivity contribution >= 4 is 5.91 Å². The summed E-state index contributed by atoms with van der Waals surface area (Å²) in [5, 5.41) is 6.57. The van der Waals surface area contributed by atoms with E-state index in [0.717, 1.165) is 45.0 Å². The lowest BCUT2D eigenvalue weighted by molar-refractivity contribution is 0.0342. The summed E-state index contributed by atoms with van der Waals surface area (Å²) in [5.74, 6) is 0.641. The first kappa shape index (κ1) is 17.4. The summed E-state index contributed by atoms with van der Waals surface area (Å²) in [4.78, 5) is 14.7. The molecule has 132 valence electrons. The molecule has 2 fully saturated rings. The van der Waals surface area contributed by atoms with Crippen LogP contribution in [0.4, 0.5) is 0 Å². The third-order valence-corrected chi connectivity index (χ3v) is 5.14. The Labute approximate surface area is 144 Å². The van der Waals surface area contributed by atoms with E-state index in [0.29, 0.717) is 18.5 Å². The van der Waals surface area contributed by atoms with Gasteiger partial charge in [-0.2, -0.15) is 0 Å². The minimum Gasteiger partial charge on any atom is -0.379 e. The first-order chi connectivity index (χ1) is 11.7. The van der Waals surface area contributed by atoms with Gasteiger partial charge in [-0.15, -0.1) is 0 Å². The summed E-state index contributed by atoms with van der Waals surface area (Å²) in [6.07, 6.45) is 2.47. The lowest BCUT2D eigenvalue weighted by atomic mass is 9.93. The van der Waals surface area contributed by atoms with Crippen LogP contribution in [0.1, 0.15) is 35.7 Å². The van der Waals surface area contributed by atoms with Crippen LogP contribution in [0, 0.1) is 5.92 Å². The van der Waals surface area contributed by atoms with Crippen LogP contribution >= 0.6 is 0 Å². The quantitative estimate of drug-likeness (QED) is 0.861. The Kier molecular flexibility index (Phi) is 6.24. The van der Waals surface area contributed by atoms with Crippen molar-refractivity contribution in [1.82, 2.24) is 15.5 Å². The van der Waals surface area contributed by atoms with E-state index in [1.165, 1.54) is 18.4 Å². The molecule has 0 aromatic heterocycles. The average molecular weight is 331 g/mol. The number of nitrogens with one attached hydrogen (secondary N) is 2. The molecular weight excluding hydrogens is 302 g/mol. The van der Waals surface area contributed by atoms with Crippen molar-refractivity contribution < 1.29 is 9.53 Å². The van der Waals surface area contributed by atoms with Crippen LogP contribution in [0.5, 0.6) is 0 Å². The highest BCUT2D eigenvalue weighted by atomic mass is 16.5. The molecule has 1 aromatic carbocycles. The van der Waals surface area contributed by atoms with Crippen LogP contribution in [-0.4, -0.2) is 56.2 Å². The maximum Gasteiger partial charge on any atom is 0.251 e. The number of morpholine rings is 1. The SMILES string of the molecule is CC1CCCNC1CNC(=O)c1ccc(CN2CCOCC2)cc1. The molecule has 3 rings (SSSR count). The van der Waals surface area contributed by atoms with Gasteiger partial charge in [0.25, 0.3) is 5.91 Å².